The van der Waals surface area contributed by atoms with Gasteiger partial charge in [-0.25, -0.2) is 9.59 Å². The van der Waals surface area contributed by atoms with Crippen molar-refractivity contribution >= 4 is 65.3 Å². The molecule has 7 aromatic carbocycles. The zero-order chi connectivity index (χ0) is 32.6. The van der Waals surface area contributed by atoms with E-state index in [9.17, 15) is 9.59 Å². The van der Waals surface area contributed by atoms with Gasteiger partial charge in [0.25, 0.3) is 0 Å². The van der Waals surface area contributed by atoms with Crippen molar-refractivity contribution in [2.24, 2.45) is 0 Å². The first-order chi connectivity index (χ1) is 24.1. The average molecular weight is 632 g/mol. The highest BCUT2D eigenvalue weighted by atomic mass is 16.4. The molecule has 230 valence electrons. The van der Waals surface area contributed by atoms with Crippen LogP contribution in [0.2, 0.25) is 0 Å². The number of rotatable bonds is 3. The highest BCUT2D eigenvalue weighted by Crippen LogP contribution is 2.38. The summed E-state index contributed by atoms with van der Waals surface area (Å²) in [6, 6.07) is 50.1. The van der Waals surface area contributed by atoms with Crippen molar-refractivity contribution in [2.45, 2.75) is 0 Å². The van der Waals surface area contributed by atoms with Gasteiger partial charge in [0.15, 0.2) is 0 Å². The highest BCUT2D eigenvalue weighted by molar-refractivity contribution is 6.13. The molecule has 0 unspecified atom stereocenters. The lowest BCUT2D eigenvalue weighted by Crippen LogP contribution is -2.03. The monoisotopic (exact) mass is 631 g/mol. The van der Waals surface area contributed by atoms with Crippen molar-refractivity contribution in [1.82, 2.24) is 4.57 Å². The number of aromatic nitrogens is 1. The first-order valence-electron chi connectivity index (χ1n) is 16.2. The predicted molar refractivity (Wildman–Crippen MR) is 199 cm³/mol. The van der Waals surface area contributed by atoms with Crippen LogP contribution >= 0.6 is 0 Å². The van der Waals surface area contributed by atoms with Gasteiger partial charge in [-0.2, -0.15) is 0 Å². The minimum atomic E-state index is -0.393. The van der Waals surface area contributed by atoms with Crippen LogP contribution in [0.5, 0.6) is 0 Å². The van der Waals surface area contributed by atoms with Gasteiger partial charge < -0.3 is 13.4 Å². The molecule has 0 aliphatic heterocycles. The zero-order valence-corrected chi connectivity index (χ0v) is 26.0. The Labute approximate surface area is 278 Å². The lowest BCUT2D eigenvalue weighted by molar-refractivity contribution is 0.563. The van der Waals surface area contributed by atoms with Gasteiger partial charge >= 0.3 is 11.3 Å². The molecule has 0 spiro atoms. The minimum absolute atomic E-state index is 0.393. The molecule has 0 aliphatic rings. The normalized spacial score (nSPS) is 11.8. The van der Waals surface area contributed by atoms with Crippen molar-refractivity contribution in [3.8, 4) is 27.9 Å². The van der Waals surface area contributed by atoms with Gasteiger partial charge in [0.1, 0.15) is 11.2 Å². The highest BCUT2D eigenvalue weighted by Gasteiger charge is 2.18. The fraction of sp³-hybridized carbons (Fsp3) is 0. The largest absolute Gasteiger partial charge is 0.422 e. The standard InChI is InChI=1S/C44H25NO4/c46-43-33(24-37-31-12-6-4-8-26(31)16-20-41(37)48-43)28-14-18-39-35(22-28)36-23-29(15-19-40(36)45(39)30-10-2-1-3-11-30)34-25-38-32-13-7-5-9-27(32)17-21-42(38)49-44(34)47/h1-25H. The van der Waals surface area contributed by atoms with E-state index in [0.29, 0.717) is 22.3 Å². The molecule has 3 aromatic heterocycles. The molecular weight excluding hydrogens is 606 g/mol. The molecule has 3 heterocycles. The number of hydrogen-bond donors (Lipinski definition) is 0. The molecule has 0 fully saturated rings. The summed E-state index contributed by atoms with van der Waals surface area (Å²) in [6.45, 7) is 0. The van der Waals surface area contributed by atoms with E-state index < -0.39 is 11.3 Å². The van der Waals surface area contributed by atoms with Crippen LogP contribution in [0.15, 0.2) is 170 Å². The molecule has 0 amide bonds. The summed E-state index contributed by atoms with van der Waals surface area (Å²) in [7, 11) is 0. The average Bonchev–Trinajstić information content (AvgIpc) is 3.47. The van der Waals surface area contributed by atoms with Gasteiger partial charge in [-0.05, 0) is 93.3 Å². The Bertz CT molecular complexity index is 2900. The lowest BCUT2D eigenvalue weighted by atomic mass is 9.99. The first kappa shape index (κ1) is 27.4. The molecule has 5 nitrogen and oxygen atoms in total. The summed E-state index contributed by atoms with van der Waals surface area (Å²) in [5.74, 6) is 0. The molecule has 0 saturated carbocycles. The maximum Gasteiger partial charge on any atom is 0.344 e. The summed E-state index contributed by atoms with van der Waals surface area (Å²) in [5, 5.41) is 7.88. The van der Waals surface area contributed by atoms with E-state index in [2.05, 4.69) is 53.1 Å². The van der Waals surface area contributed by atoms with E-state index in [1.165, 1.54) is 0 Å². The number of fused-ring (bicyclic) bond motifs is 9. The van der Waals surface area contributed by atoms with Gasteiger partial charge in [0.2, 0.25) is 0 Å². The van der Waals surface area contributed by atoms with Crippen LogP contribution in [0.25, 0.3) is 93.2 Å². The van der Waals surface area contributed by atoms with Crippen molar-refractivity contribution in [1.29, 1.82) is 0 Å². The number of nitrogens with zero attached hydrogens (tertiary/aromatic N) is 1. The third-order valence-corrected chi connectivity index (χ3v) is 9.69. The molecule has 5 heteroatoms. The maximum atomic E-state index is 13.5. The van der Waals surface area contributed by atoms with E-state index in [1.807, 2.05) is 103 Å². The number of hydrogen-bond acceptors (Lipinski definition) is 4. The van der Waals surface area contributed by atoms with Gasteiger partial charge in [0.05, 0.1) is 22.2 Å². The molecule has 0 saturated heterocycles. The van der Waals surface area contributed by atoms with Crippen LogP contribution in [0.1, 0.15) is 0 Å². The van der Waals surface area contributed by atoms with Crippen LogP contribution in [-0.2, 0) is 0 Å². The van der Waals surface area contributed by atoms with Gasteiger partial charge in [-0.1, -0.05) is 91.0 Å². The number of para-hydroxylation sites is 1. The van der Waals surface area contributed by atoms with Gasteiger partial charge in [-0.3, -0.25) is 0 Å². The summed E-state index contributed by atoms with van der Waals surface area (Å²) >= 11 is 0. The molecule has 10 rings (SSSR count). The number of benzene rings is 7. The Hall–Kier alpha value is -6.72. The van der Waals surface area contributed by atoms with Crippen LogP contribution in [0, 0.1) is 0 Å². The maximum absolute atomic E-state index is 13.5. The fourth-order valence-electron chi connectivity index (χ4n) is 7.36. The quantitative estimate of drug-likeness (QED) is 0.144. The molecule has 49 heavy (non-hydrogen) atoms. The Morgan fingerprint density at radius 2 is 0.857 bits per heavy atom. The van der Waals surface area contributed by atoms with Crippen molar-refractivity contribution in [3.05, 3.63) is 172 Å². The lowest BCUT2D eigenvalue weighted by Gasteiger charge is -2.09. The van der Waals surface area contributed by atoms with E-state index in [-0.39, 0.29) is 0 Å². The second kappa shape index (κ2) is 10.4. The molecule has 0 radical (unpaired) electrons. The van der Waals surface area contributed by atoms with E-state index in [4.69, 9.17) is 8.83 Å². The molecular formula is C44H25NO4. The summed E-state index contributed by atoms with van der Waals surface area (Å²) in [6.07, 6.45) is 0. The smallest absolute Gasteiger partial charge is 0.344 e. The van der Waals surface area contributed by atoms with Gasteiger partial charge in [0, 0.05) is 27.2 Å². The molecule has 0 atom stereocenters. The van der Waals surface area contributed by atoms with Crippen molar-refractivity contribution < 1.29 is 8.83 Å². The molecule has 10 aromatic rings. The fourth-order valence-corrected chi connectivity index (χ4v) is 7.36. The van der Waals surface area contributed by atoms with Crippen molar-refractivity contribution in [3.63, 3.8) is 0 Å². The van der Waals surface area contributed by atoms with Crippen LogP contribution < -0.4 is 11.3 Å². The third-order valence-electron chi connectivity index (χ3n) is 9.69. The zero-order valence-electron chi connectivity index (χ0n) is 26.0. The summed E-state index contributed by atoms with van der Waals surface area (Å²) in [4.78, 5) is 26.9. The molecule has 0 N–H and O–H groups in total. The van der Waals surface area contributed by atoms with E-state index in [0.717, 1.165) is 70.9 Å². The summed E-state index contributed by atoms with van der Waals surface area (Å²) in [5.41, 5.74) is 5.79. The van der Waals surface area contributed by atoms with Crippen LogP contribution in [0.4, 0.5) is 0 Å². The topological polar surface area (TPSA) is 65.3 Å². The van der Waals surface area contributed by atoms with E-state index in [1.54, 1.807) is 0 Å². The third kappa shape index (κ3) is 4.19. The van der Waals surface area contributed by atoms with Gasteiger partial charge in [-0.15, -0.1) is 0 Å². The Kier molecular flexibility index (Phi) is 5.81. The molecule has 0 bridgehead atoms. The van der Waals surface area contributed by atoms with Crippen LogP contribution in [-0.4, -0.2) is 4.57 Å². The van der Waals surface area contributed by atoms with E-state index >= 15 is 0 Å². The Morgan fingerprint density at radius 3 is 1.37 bits per heavy atom. The Morgan fingerprint density at radius 1 is 0.388 bits per heavy atom. The second-order valence-electron chi connectivity index (χ2n) is 12.4. The second-order valence-corrected chi connectivity index (χ2v) is 12.4. The summed E-state index contributed by atoms with van der Waals surface area (Å²) < 4.78 is 14.0. The molecule has 0 aliphatic carbocycles. The van der Waals surface area contributed by atoms with Crippen molar-refractivity contribution in [2.75, 3.05) is 0 Å². The predicted octanol–water partition coefficient (Wildman–Crippen LogP) is 10.6. The Balaban J connectivity index is 1.24. The van der Waals surface area contributed by atoms with Crippen LogP contribution in [0.3, 0.4) is 0 Å². The minimum Gasteiger partial charge on any atom is -0.422 e. The first-order valence-corrected chi connectivity index (χ1v) is 16.2. The SMILES string of the molecule is O=c1oc2ccc3ccccc3c2cc1-c1ccc2c(c1)c1cc(-c3cc4c(ccc5ccccc54)oc3=O)ccc1n2-c1ccccc1.